The van der Waals surface area contributed by atoms with Crippen LogP contribution < -0.4 is 16.4 Å². The lowest BCUT2D eigenvalue weighted by molar-refractivity contribution is -0.143. The summed E-state index contributed by atoms with van der Waals surface area (Å²) in [6.07, 6.45) is 4.96. The predicted octanol–water partition coefficient (Wildman–Crippen LogP) is 2.00. The van der Waals surface area contributed by atoms with Crippen molar-refractivity contribution in [2.75, 3.05) is 19.6 Å². The normalized spacial score (nSPS) is 20.1. The number of nitrogens with zero attached hydrogens (tertiary/aromatic N) is 1. The van der Waals surface area contributed by atoms with E-state index < -0.39 is 23.3 Å². The van der Waals surface area contributed by atoms with Gasteiger partial charge in [-0.15, -0.1) is 0 Å². The van der Waals surface area contributed by atoms with Crippen molar-refractivity contribution in [1.29, 1.82) is 0 Å². The van der Waals surface area contributed by atoms with E-state index >= 15 is 0 Å². The van der Waals surface area contributed by atoms with E-state index in [0.29, 0.717) is 37.8 Å². The molecule has 1 saturated heterocycles. The molecular formula is C25H38N4O3. The summed E-state index contributed by atoms with van der Waals surface area (Å²) in [5.41, 5.74) is 5.38. The molecule has 0 aromatic heterocycles. The highest BCUT2D eigenvalue weighted by Crippen LogP contribution is 2.38. The summed E-state index contributed by atoms with van der Waals surface area (Å²) >= 11 is 0. The summed E-state index contributed by atoms with van der Waals surface area (Å²) in [5, 5.41) is 5.95. The molecule has 7 nitrogen and oxygen atoms in total. The summed E-state index contributed by atoms with van der Waals surface area (Å²) in [6, 6.07) is 9.43. The van der Waals surface area contributed by atoms with Crippen LogP contribution in [0.2, 0.25) is 0 Å². The molecule has 0 spiro atoms. The highest BCUT2D eigenvalue weighted by Gasteiger charge is 2.47. The largest absolute Gasteiger partial charge is 0.369 e. The summed E-state index contributed by atoms with van der Waals surface area (Å²) in [5.74, 6) is -0.771. The van der Waals surface area contributed by atoms with E-state index in [1.54, 1.807) is 0 Å². The van der Waals surface area contributed by atoms with Gasteiger partial charge >= 0.3 is 0 Å². The van der Waals surface area contributed by atoms with Crippen molar-refractivity contribution >= 4 is 17.7 Å². The first-order valence-electron chi connectivity index (χ1n) is 12.0. The van der Waals surface area contributed by atoms with Crippen LogP contribution in [0.1, 0.15) is 57.9 Å². The van der Waals surface area contributed by atoms with E-state index in [0.717, 1.165) is 44.3 Å². The molecule has 3 rings (SSSR count). The van der Waals surface area contributed by atoms with E-state index in [1.807, 2.05) is 30.3 Å². The standard InChI is InChI=1S/C25H38N4O3/c1-18(2)29-14-10-20(11-15-29)17-27-22(30)21(16-19-8-4-3-5-9-19)28-24(32)25(23(26)31)12-6-7-13-25/h3-5,8-9,18,20-21H,6-7,10-17H2,1-2H3,(H2,26,31)(H,27,30)(H,28,32)/t21-/m1/s1. The van der Waals surface area contributed by atoms with Gasteiger partial charge in [0.1, 0.15) is 11.5 Å². The molecule has 0 radical (unpaired) electrons. The molecule has 3 amide bonds. The van der Waals surface area contributed by atoms with Gasteiger partial charge in [-0.25, -0.2) is 0 Å². The van der Waals surface area contributed by atoms with Crippen LogP contribution in [0.3, 0.4) is 0 Å². The second-order valence-electron chi connectivity index (χ2n) is 9.69. The lowest BCUT2D eigenvalue weighted by Crippen LogP contribution is -2.55. The van der Waals surface area contributed by atoms with E-state index in [9.17, 15) is 14.4 Å². The monoisotopic (exact) mass is 442 g/mol. The van der Waals surface area contributed by atoms with Crippen molar-refractivity contribution in [1.82, 2.24) is 15.5 Å². The second kappa shape index (κ2) is 10.9. The van der Waals surface area contributed by atoms with Gasteiger partial charge in [-0.3, -0.25) is 14.4 Å². The maximum Gasteiger partial charge on any atom is 0.242 e. The maximum absolute atomic E-state index is 13.1. The Morgan fingerprint density at radius 1 is 1.09 bits per heavy atom. The number of nitrogens with two attached hydrogens (primary N) is 1. The van der Waals surface area contributed by atoms with Crippen molar-refractivity contribution in [3.05, 3.63) is 35.9 Å². The van der Waals surface area contributed by atoms with Gasteiger partial charge in [-0.2, -0.15) is 0 Å². The number of carbonyl (C=O) groups excluding carboxylic acids is 3. The van der Waals surface area contributed by atoms with Gasteiger partial charge in [0.2, 0.25) is 17.7 Å². The Labute approximate surface area is 191 Å². The molecule has 176 valence electrons. The molecule has 2 fully saturated rings. The fourth-order valence-electron chi connectivity index (χ4n) is 4.96. The molecule has 1 aromatic rings. The van der Waals surface area contributed by atoms with Crippen molar-refractivity contribution in [2.45, 2.75) is 70.9 Å². The Bertz CT molecular complexity index is 782. The number of likely N-dealkylation sites (tertiary alicyclic amines) is 1. The number of rotatable bonds is 9. The van der Waals surface area contributed by atoms with Gasteiger partial charge < -0.3 is 21.3 Å². The van der Waals surface area contributed by atoms with Crippen LogP contribution in [0.15, 0.2) is 30.3 Å². The molecule has 1 aliphatic heterocycles. The van der Waals surface area contributed by atoms with Crippen LogP contribution in [0.25, 0.3) is 0 Å². The fourth-order valence-corrected chi connectivity index (χ4v) is 4.96. The average molecular weight is 443 g/mol. The SMILES string of the molecule is CC(C)N1CCC(CNC(=O)[C@@H](Cc2ccccc2)NC(=O)C2(C(N)=O)CCCC2)CC1. The van der Waals surface area contributed by atoms with E-state index in [1.165, 1.54) is 0 Å². The minimum atomic E-state index is -1.20. The Balaban J connectivity index is 1.64. The Hall–Kier alpha value is -2.41. The number of carbonyl (C=O) groups is 3. The number of benzene rings is 1. The molecule has 0 bridgehead atoms. The molecule has 0 unspecified atom stereocenters. The van der Waals surface area contributed by atoms with Crippen LogP contribution in [0.5, 0.6) is 0 Å². The van der Waals surface area contributed by atoms with Gasteiger partial charge in [0.05, 0.1) is 0 Å². The van der Waals surface area contributed by atoms with Crippen molar-refractivity contribution in [2.24, 2.45) is 17.1 Å². The minimum absolute atomic E-state index is 0.203. The van der Waals surface area contributed by atoms with E-state index in [4.69, 9.17) is 5.73 Å². The molecule has 1 atom stereocenters. The number of piperidine rings is 1. The predicted molar refractivity (Wildman–Crippen MR) is 125 cm³/mol. The lowest BCUT2D eigenvalue weighted by atomic mass is 9.84. The Morgan fingerprint density at radius 2 is 1.72 bits per heavy atom. The number of amides is 3. The average Bonchev–Trinajstić information content (AvgIpc) is 3.29. The van der Waals surface area contributed by atoms with Gasteiger partial charge in [0, 0.05) is 19.0 Å². The van der Waals surface area contributed by atoms with Crippen LogP contribution >= 0.6 is 0 Å². The molecule has 1 heterocycles. The molecule has 1 saturated carbocycles. The molecule has 4 N–H and O–H groups in total. The second-order valence-corrected chi connectivity index (χ2v) is 9.69. The summed E-state index contributed by atoms with van der Waals surface area (Å²) in [4.78, 5) is 40.9. The third-order valence-electron chi connectivity index (χ3n) is 7.21. The first-order chi connectivity index (χ1) is 15.3. The molecular weight excluding hydrogens is 404 g/mol. The van der Waals surface area contributed by atoms with Crippen molar-refractivity contribution in [3.8, 4) is 0 Å². The highest BCUT2D eigenvalue weighted by molar-refractivity contribution is 6.05. The van der Waals surface area contributed by atoms with Gasteiger partial charge in [0.25, 0.3) is 0 Å². The first kappa shape index (κ1) is 24.2. The van der Waals surface area contributed by atoms with Crippen LogP contribution in [-0.4, -0.2) is 54.3 Å². The Morgan fingerprint density at radius 3 is 2.28 bits per heavy atom. The third kappa shape index (κ3) is 5.88. The first-order valence-corrected chi connectivity index (χ1v) is 12.0. The highest BCUT2D eigenvalue weighted by atomic mass is 16.2. The van der Waals surface area contributed by atoms with E-state index in [2.05, 4.69) is 29.4 Å². The quantitative estimate of drug-likeness (QED) is 0.509. The maximum atomic E-state index is 13.1. The fraction of sp³-hybridized carbons (Fsp3) is 0.640. The van der Waals surface area contributed by atoms with Crippen LogP contribution in [0, 0.1) is 11.3 Å². The van der Waals surface area contributed by atoms with Gasteiger partial charge in [0.15, 0.2) is 0 Å². The lowest BCUT2D eigenvalue weighted by Gasteiger charge is -2.35. The molecule has 1 aromatic carbocycles. The molecule has 32 heavy (non-hydrogen) atoms. The summed E-state index contributed by atoms with van der Waals surface area (Å²) in [6.45, 7) is 7.12. The number of primary amides is 1. The number of hydrogen-bond donors (Lipinski definition) is 3. The smallest absolute Gasteiger partial charge is 0.242 e. The summed E-state index contributed by atoms with van der Waals surface area (Å²) in [7, 11) is 0. The topological polar surface area (TPSA) is 105 Å². The van der Waals surface area contributed by atoms with Crippen molar-refractivity contribution in [3.63, 3.8) is 0 Å². The van der Waals surface area contributed by atoms with Crippen molar-refractivity contribution < 1.29 is 14.4 Å². The molecule has 1 aliphatic carbocycles. The number of hydrogen-bond acceptors (Lipinski definition) is 4. The minimum Gasteiger partial charge on any atom is -0.369 e. The zero-order chi connectivity index (χ0) is 23.1. The number of nitrogens with one attached hydrogen (secondary N) is 2. The van der Waals surface area contributed by atoms with Crippen LogP contribution in [-0.2, 0) is 20.8 Å². The Kier molecular flexibility index (Phi) is 8.29. The molecule has 2 aliphatic rings. The van der Waals surface area contributed by atoms with Gasteiger partial charge in [-0.1, -0.05) is 43.2 Å². The molecule has 7 heteroatoms. The summed E-state index contributed by atoms with van der Waals surface area (Å²) < 4.78 is 0. The van der Waals surface area contributed by atoms with Crippen LogP contribution in [0.4, 0.5) is 0 Å². The third-order valence-corrected chi connectivity index (χ3v) is 7.21. The zero-order valence-corrected chi connectivity index (χ0v) is 19.4. The zero-order valence-electron chi connectivity index (χ0n) is 19.4. The van der Waals surface area contributed by atoms with E-state index in [-0.39, 0.29) is 5.91 Å². The van der Waals surface area contributed by atoms with Gasteiger partial charge in [-0.05, 0) is 64.1 Å².